The van der Waals surface area contributed by atoms with Gasteiger partial charge < -0.3 is 15.0 Å². The average Bonchev–Trinajstić information content (AvgIpc) is 3.55. The first-order valence-electron chi connectivity index (χ1n) is 11.8. The molecular weight excluding hydrogens is 450 g/mol. The maximum Gasteiger partial charge on any atom is 0.407 e. The van der Waals surface area contributed by atoms with Crippen LogP contribution in [-0.4, -0.2) is 68.6 Å². The van der Waals surface area contributed by atoms with Crippen LogP contribution in [0, 0.1) is 5.92 Å². The van der Waals surface area contributed by atoms with Crippen molar-refractivity contribution >= 4 is 27.7 Å². The topological polar surface area (TPSA) is 79.0 Å². The van der Waals surface area contributed by atoms with E-state index in [2.05, 4.69) is 17.3 Å². The molecule has 1 aliphatic carbocycles. The van der Waals surface area contributed by atoms with Gasteiger partial charge in [-0.2, -0.15) is 4.31 Å². The molecule has 0 spiro atoms. The van der Waals surface area contributed by atoms with Gasteiger partial charge in [0, 0.05) is 23.7 Å². The average molecular weight is 484 g/mol. The number of likely N-dealkylation sites (tertiary alicyclic amines) is 1. The number of nitrogens with zero attached hydrogens (tertiary/aromatic N) is 2. The Kier molecular flexibility index (Phi) is 7.65. The third-order valence-electron chi connectivity index (χ3n) is 7.10. The zero-order chi connectivity index (χ0) is 22.7. The Morgan fingerprint density at radius 2 is 1.81 bits per heavy atom. The van der Waals surface area contributed by atoms with Crippen molar-refractivity contribution in [2.75, 3.05) is 26.7 Å². The van der Waals surface area contributed by atoms with Crippen LogP contribution in [0.3, 0.4) is 0 Å². The van der Waals surface area contributed by atoms with E-state index in [0.29, 0.717) is 29.9 Å². The van der Waals surface area contributed by atoms with E-state index in [1.54, 1.807) is 28.6 Å². The van der Waals surface area contributed by atoms with Gasteiger partial charge in [-0.05, 0) is 88.7 Å². The summed E-state index contributed by atoms with van der Waals surface area (Å²) in [6, 6.07) is 6.45. The SMILES string of the molecule is CN1CCCC1CCNC(=O)OC[C@H]1CCC[C@@H](C2CC2)N1S(=O)(=O)c1ccc(Cl)cc1. The summed E-state index contributed by atoms with van der Waals surface area (Å²) < 4.78 is 34.3. The second-order valence-corrected chi connectivity index (χ2v) is 11.6. The Morgan fingerprint density at radius 3 is 2.47 bits per heavy atom. The van der Waals surface area contributed by atoms with Gasteiger partial charge in [-0.1, -0.05) is 18.0 Å². The molecule has 2 aliphatic heterocycles. The van der Waals surface area contributed by atoms with Crippen LogP contribution in [0.5, 0.6) is 0 Å². The molecular formula is C23H34ClN3O4S. The molecule has 0 aromatic heterocycles. The summed E-state index contributed by atoms with van der Waals surface area (Å²) in [6.07, 6.45) is 7.39. The van der Waals surface area contributed by atoms with Crippen LogP contribution in [-0.2, 0) is 14.8 Å². The molecule has 3 atom stereocenters. The number of rotatable bonds is 8. The van der Waals surface area contributed by atoms with Crippen molar-refractivity contribution in [1.29, 1.82) is 0 Å². The number of amides is 1. The van der Waals surface area contributed by atoms with Gasteiger partial charge in [-0.25, -0.2) is 13.2 Å². The first-order valence-corrected chi connectivity index (χ1v) is 13.6. The van der Waals surface area contributed by atoms with Gasteiger partial charge in [0.25, 0.3) is 0 Å². The van der Waals surface area contributed by atoms with Crippen LogP contribution in [0.25, 0.3) is 0 Å². The molecule has 0 radical (unpaired) electrons. The van der Waals surface area contributed by atoms with Crippen molar-refractivity contribution in [3.63, 3.8) is 0 Å². The summed E-state index contributed by atoms with van der Waals surface area (Å²) in [5.74, 6) is 0.400. The number of hydrogen-bond acceptors (Lipinski definition) is 5. The number of halogens is 1. The molecule has 7 nitrogen and oxygen atoms in total. The number of hydrogen-bond donors (Lipinski definition) is 1. The third-order valence-corrected chi connectivity index (χ3v) is 9.35. The molecule has 9 heteroatoms. The smallest absolute Gasteiger partial charge is 0.407 e. The lowest BCUT2D eigenvalue weighted by molar-refractivity contribution is 0.0797. The molecule has 1 saturated carbocycles. The summed E-state index contributed by atoms with van der Waals surface area (Å²) >= 11 is 5.97. The van der Waals surface area contributed by atoms with E-state index in [1.165, 1.54) is 6.42 Å². The summed E-state index contributed by atoms with van der Waals surface area (Å²) in [7, 11) is -1.59. The summed E-state index contributed by atoms with van der Waals surface area (Å²) in [4.78, 5) is 14.9. The van der Waals surface area contributed by atoms with Gasteiger partial charge >= 0.3 is 6.09 Å². The van der Waals surface area contributed by atoms with Crippen LogP contribution in [0.1, 0.15) is 51.4 Å². The summed E-state index contributed by atoms with van der Waals surface area (Å²) in [6.45, 7) is 1.75. The van der Waals surface area contributed by atoms with E-state index in [4.69, 9.17) is 16.3 Å². The second-order valence-electron chi connectivity index (χ2n) is 9.37. The van der Waals surface area contributed by atoms with Gasteiger partial charge in [0.05, 0.1) is 10.9 Å². The Balaban J connectivity index is 1.38. The Labute approximate surface area is 196 Å². The summed E-state index contributed by atoms with van der Waals surface area (Å²) in [5.41, 5.74) is 0. The van der Waals surface area contributed by atoms with E-state index in [0.717, 1.165) is 45.1 Å². The van der Waals surface area contributed by atoms with Crippen molar-refractivity contribution < 1.29 is 17.9 Å². The Morgan fingerprint density at radius 1 is 1.09 bits per heavy atom. The quantitative estimate of drug-likeness (QED) is 0.607. The lowest BCUT2D eigenvalue weighted by Crippen LogP contribution is -2.53. The van der Waals surface area contributed by atoms with Gasteiger partial charge in [-0.3, -0.25) is 0 Å². The lowest BCUT2D eigenvalue weighted by Gasteiger charge is -2.41. The van der Waals surface area contributed by atoms with Gasteiger partial charge in [0.1, 0.15) is 6.61 Å². The van der Waals surface area contributed by atoms with Crippen LogP contribution in [0.2, 0.25) is 5.02 Å². The number of sulfonamides is 1. The molecule has 1 unspecified atom stereocenters. The van der Waals surface area contributed by atoms with Crippen molar-refractivity contribution in [3.05, 3.63) is 29.3 Å². The molecule has 0 bridgehead atoms. The predicted molar refractivity (Wildman–Crippen MR) is 124 cm³/mol. The second kappa shape index (κ2) is 10.3. The van der Waals surface area contributed by atoms with Crippen molar-refractivity contribution in [3.8, 4) is 0 Å². The van der Waals surface area contributed by atoms with E-state index < -0.39 is 16.1 Å². The number of alkyl carbamates (subject to hydrolysis) is 1. The van der Waals surface area contributed by atoms with Crippen LogP contribution in [0.4, 0.5) is 4.79 Å². The monoisotopic (exact) mass is 483 g/mol. The Bertz CT molecular complexity index is 891. The van der Waals surface area contributed by atoms with Crippen molar-refractivity contribution in [2.45, 2.75) is 74.4 Å². The fourth-order valence-electron chi connectivity index (χ4n) is 5.18. The molecule has 178 valence electrons. The number of benzene rings is 1. The van der Waals surface area contributed by atoms with Crippen molar-refractivity contribution in [1.82, 2.24) is 14.5 Å². The first-order chi connectivity index (χ1) is 15.4. The molecule has 3 aliphatic rings. The van der Waals surface area contributed by atoms with Gasteiger partial charge in [0.15, 0.2) is 0 Å². The highest BCUT2D eigenvalue weighted by Crippen LogP contribution is 2.43. The minimum absolute atomic E-state index is 0.0287. The predicted octanol–water partition coefficient (Wildman–Crippen LogP) is 3.87. The van der Waals surface area contributed by atoms with Gasteiger partial charge in [-0.15, -0.1) is 0 Å². The van der Waals surface area contributed by atoms with Crippen LogP contribution < -0.4 is 5.32 Å². The third kappa shape index (κ3) is 5.58. The minimum Gasteiger partial charge on any atom is -0.448 e. The number of nitrogens with one attached hydrogen (secondary N) is 1. The molecule has 2 saturated heterocycles. The molecule has 2 heterocycles. The number of carbonyl (C=O) groups excluding carboxylic acids is 1. The maximum absolute atomic E-state index is 13.6. The summed E-state index contributed by atoms with van der Waals surface area (Å²) in [5, 5.41) is 3.34. The molecule has 32 heavy (non-hydrogen) atoms. The highest BCUT2D eigenvalue weighted by atomic mass is 35.5. The largest absolute Gasteiger partial charge is 0.448 e. The molecule has 1 N–H and O–H groups in total. The van der Waals surface area contributed by atoms with E-state index in [-0.39, 0.29) is 23.6 Å². The first kappa shape index (κ1) is 23.8. The normalized spacial score (nSPS) is 27.4. The highest BCUT2D eigenvalue weighted by Gasteiger charge is 2.46. The van der Waals surface area contributed by atoms with E-state index in [1.807, 2.05) is 0 Å². The maximum atomic E-state index is 13.6. The standard InChI is InChI=1S/C23H34ClN3O4S/c1-26-15-3-5-19(26)13-14-25-23(28)31-16-20-4-2-6-22(17-7-8-17)27(20)32(29,30)21-11-9-18(24)10-12-21/h9-12,17,19-20,22H,2-8,13-16H2,1H3,(H,25,28)/t19?,20-,22+/m1/s1. The van der Waals surface area contributed by atoms with E-state index in [9.17, 15) is 13.2 Å². The zero-order valence-electron chi connectivity index (χ0n) is 18.7. The fraction of sp³-hybridized carbons (Fsp3) is 0.696. The molecule has 1 amide bonds. The lowest BCUT2D eigenvalue weighted by atomic mass is 9.96. The zero-order valence-corrected chi connectivity index (χ0v) is 20.3. The van der Waals surface area contributed by atoms with Gasteiger partial charge in [0.2, 0.25) is 10.0 Å². The highest BCUT2D eigenvalue weighted by molar-refractivity contribution is 7.89. The molecule has 4 rings (SSSR count). The molecule has 1 aromatic carbocycles. The molecule has 1 aromatic rings. The number of ether oxygens (including phenoxy) is 1. The fourth-order valence-corrected chi connectivity index (χ4v) is 7.22. The Hall–Kier alpha value is -1.35. The van der Waals surface area contributed by atoms with Crippen molar-refractivity contribution in [2.24, 2.45) is 5.92 Å². The number of carbonyl (C=O) groups is 1. The minimum atomic E-state index is -3.71. The number of piperidine rings is 1. The molecule has 3 fully saturated rings. The van der Waals surface area contributed by atoms with E-state index >= 15 is 0 Å². The van der Waals surface area contributed by atoms with Crippen LogP contribution >= 0.6 is 11.6 Å². The van der Waals surface area contributed by atoms with Crippen LogP contribution in [0.15, 0.2) is 29.2 Å².